The molecule has 0 saturated carbocycles. The number of nitrogens with zero attached hydrogens (tertiary/aromatic N) is 2. The average Bonchev–Trinajstić information content (AvgIpc) is 2.46. The van der Waals surface area contributed by atoms with E-state index in [2.05, 4.69) is 37.6 Å². The molecule has 3 nitrogen and oxygen atoms in total. The van der Waals surface area contributed by atoms with Crippen LogP contribution >= 0.6 is 0 Å². The highest BCUT2D eigenvalue weighted by atomic mass is 19.1. The third kappa shape index (κ3) is 6.10. The van der Waals surface area contributed by atoms with E-state index in [1.165, 1.54) is 31.5 Å². The molecule has 0 bridgehead atoms. The van der Waals surface area contributed by atoms with Gasteiger partial charge in [-0.1, -0.05) is 26.7 Å². The number of hydrogen-bond acceptors (Lipinski definition) is 3. The van der Waals surface area contributed by atoms with Crippen LogP contribution in [0.2, 0.25) is 0 Å². The second kappa shape index (κ2) is 9.11. The Balaban J connectivity index is 2.58. The first kappa shape index (κ1) is 18.1. The van der Waals surface area contributed by atoms with Crippen molar-refractivity contribution in [3.05, 3.63) is 29.8 Å². The van der Waals surface area contributed by atoms with Crippen LogP contribution in [-0.4, -0.2) is 29.0 Å². The van der Waals surface area contributed by atoms with Crippen LogP contribution in [0.4, 0.5) is 4.39 Å². The Morgan fingerprint density at radius 2 is 1.95 bits per heavy atom. The fraction of sp³-hybridized carbons (Fsp3) is 0.706. The van der Waals surface area contributed by atoms with Crippen LogP contribution in [0.1, 0.15) is 58.7 Å². The molecular weight excluding hydrogens is 265 g/mol. The van der Waals surface area contributed by atoms with Crippen molar-refractivity contribution in [2.45, 2.75) is 59.0 Å². The largest absolute Gasteiger partial charge is 0.322 e. The molecule has 2 unspecified atom stereocenters. The zero-order valence-electron chi connectivity index (χ0n) is 13.8. The van der Waals surface area contributed by atoms with E-state index in [0.29, 0.717) is 6.04 Å². The van der Waals surface area contributed by atoms with Crippen LogP contribution < -0.4 is 5.73 Å². The molecule has 0 saturated heterocycles. The predicted molar refractivity (Wildman–Crippen MR) is 86.5 cm³/mol. The second-order valence-electron chi connectivity index (χ2n) is 6.20. The van der Waals surface area contributed by atoms with Crippen LogP contribution in [0, 0.1) is 11.7 Å². The Kier molecular flexibility index (Phi) is 7.83. The molecule has 120 valence electrons. The first-order chi connectivity index (χ1) is 9.95. The van der Waals surface area contributed by atoms with Gasteiger partial charge in [-0.05, 0) is 44.9 Å². The second-order valence-corrected chi connectivity index (χ2v) is 6.20. The molecule has 0 fully saturated rings. The van der Waals surface area contributed by atoms with Gasteiger partial charge in [-0.3, -0.25) is 4.98 Å². The van der Waals surface area contributed by atoms with Crippen molar-refractivity contribution in [1.82, 2.24) is 9.88 Å². The summed E-state index contributed by atoms with van der Waals surface area (Å²) in [6.45, 7) is 10.9. The molecule has 1 aromatic rings. The normalized spacial score (nSPS) is 14.7. The van der Waals surface area contributed by atoms with E-state index in [4.69, 9.17) is 5.73 Å². The molecule has 0 radical (unpaired) electrons. The first-order valence-corrected chi connectivity index (χ1v) is 8.06. The standard InChI is InChI=1S/C17H30FN3/c1-5-6-7-10-21(13(2)3)12-14(4)17(19)16-9-8-15(18)11-20-16/h8-9,11,13-14,17H,5-7,10,12,19H2,1-4H3. The molecule has 0 aliphatic heterocycles. The Bertz CT molecular complexity index is 392. The van der Waals surface area contributed by atoms with E-state index in [-0.39, 0.29) is 17.8 Å². The van der Waals surface area contributed by atoms with E-state index in [0.717, 1.165) is 18.8 Å². The molecule has 0 aliphatic carbocycles. The van der Waals surface area contributed by atoms with E-state index in [9.17, 15) is 4.39 Å². The molecule has 0 spiro atoms. The average molecular weight is 295 g/mol. The van der Waals surface area contributed by atoms with Crippen LogP contribution in [0.5, 0.6) is 0 Å². The van der Waals surface area contributed by atoms with Gasteiger partial charge in [0.1, 0.15) is 5.82 Å². The van der Waals surface area contributed by atoms with Crippen molar-refractivity contribution in [1.29, 1.82) is 0 Å². The molecule has 4 heteroatoms. The van der Waals surface area contributed by atoms with Gasteiger partial charge in [0.25, 0.3) is 0 Å². The molecule has 1 heterocycles. The Hall–Kier alpha value is -1.00. The van der Waals surface area contributed by atoms with E-state index >= 15 is 0 Å². The molecule has 2 N–H and O–H groups in total. The lowest BCUT2D eigenvalue weighted by Gasteiger charge is -2.31. The minimum Gasteiger partial charge on any atom is -0.322 e. The Labute approximate surface area is 128 Å². The number of rotatable bonds is 9. The number of hydrogen-bond donors (Lipinski definition) is 1. The minimum absolute atomic E-state index is 0.155. The SMILES string of the molecule is CCCCCN(CC(C)C(N)c1ccc(F)cn1)C(C)C. The van der Waals surface area contributed by atoms with Gasteiger partial charge in [-0.15, -0.1) is 0 Å². The van der Waals surface area contributed by atoms with E-state index < -0.39 is 0 Å². The lowest BCUT2D eigenvalue weighted by molar-refractivity contribution is 0.177. The molecule has 21 heavy (non-hydrogen) atoms. The summed E-state index contributed by atoms with van der Waals surface area (Å²) in [7, 11) is 0. The molecule has 0 aromatic carbocycles. The van der Waals surface area contributed by atoms with Gasteiger partial charge in [0.15, 0.2) is 0 Å². The van der Waals surface area contributed by atoms with E-state index in [1.54, 1.807) is 6.07 Å². The van der Waals surface area contributed by atoms with Crippen LogP contribution in [0.15, 0.2) is 18.3 Å². The molecular formula is C17H30FN3. The van der Waals surface area contributed by atoms with Crippen molar-refractivity contribution in [2.24, 2.45) is 11.7 Å². The number of pyridine rings is 1. The van der Waals surface area contributed by atoms with Crippen LogP contribution in [0.3, 0.4) is 0 Å². The number of unbranched alkanes of at least 4 members (excludes halogenated alkanes) is 2. The lowest BCUT2D eigenvalue weighted by atomic mass is 9.98. The predicted octanol–water partition coefficient (Wildman–Crippen LogP) is 3.76. The zero-order valence-corrected chi connectivity index (χ0v) is 13.8. The molecule has 2 atom stereocenters. The summed E-state index contributed by atoms with van der Waals surface area (Å²) < 4.78 is 12.9. The van der Waals surface area contributed by atoms with E-state index in [1.807, 2.05) is 0 Å². The highest BCUT2D eigenvalue weighted by Crippen LogP contribution is 2.20. The van der Waals surface area contributed by atoms with Gasteiger partial charge in [-0.2, -0.15) is 0 Å². The summed E-state index contributed by atoms with van der Waals surface area (Å²) in [5.74, 6) is -0.0334. The van der Waals surface area contributed by atoms with Gasteiger partial charge in [0.2, 0.25) is 0 Å². The Morgan fingerprint density at radius 1 is 1.24 bits per heavy atom. The summed E-state index contributed by atoms with van der Waals surface area (Å²) in [6.07, 6.45) is 4.97. The van der Waals surface area contributed by atoms with Gasteiger partial charge in [0.05, 0.1) is 17.9 Å². The number of nitrogens with two attached hydrogens (primary N) is 1. The van der Waals surface area contributed by atoms with Crippen molar-refractivity contribution >= 4 is 0 Å². The third-order valence-electron chi connectivity index (χ3n) is 4.01. The van der Waals surface area contributed by atoms with Crippen LogP contribution in [-0.2, 0) is 0 Å². The third-order valence-corrected chi connectivity index (χ3v) is 4.01. The molecule has 0 amide bonds. The van der Waals surface area contributed by atoms with Gasteiger partial charge < -0.3 is 10.6 Å². The summed E-state index contributed by atoms with van der Waals surface area (Å²) in [5.41, 5.74) is 7.05. The zero-order chi connectivity index (χ0) is 15.8. The molecule has 1 aromatic heterocycles. The van der Waals surface area contributed by atoms with Gasteiger partial charge in [-0.25, -0.2) is 4.39 Å². The van der Waals surface area contributed by atoms with Gasteiger partial charge >= 0.3 is 0 Å². The lowest BCUT2D eigenvalue weighted by Crippen LogP contribution is -2.38. The van der Waals surface area contributed by atoms with Crippen molar-refractivity contribution < 1.29 is 4.39 Å². The van der Waals surface area contributed by atoms with Crippen molar-refractivity contribution in [3.63, 3.8) is 0 Å². The quantitative estimate of drug-likeness (QED) is 0.705. The summed E-state index contributed by atoms with van der Waals surface area (Å²) in [4.78, 5) is 6.58. The van der Waals surface area contributed by atoms with Crippen LogP contribution in [0.25, 0.3) is 0 Å². The maximum Gasteiger partial charge on any atom is 0.141 e. The molecule has 0 aliphatic rings. The maximum absolute atomic E-state index is 12.9. The molecule has 1 rings (SSSR count). The summed E-state index contributed by atoms with van der Waals surface area (Å²) >= 11 is 0. The first-order valence-electron chi connectivity index (χ1n) is 8.06. The highest BCUT2D eigenvalue weighted by Gasteiger charge is 2.20. The minimum atomic E-state index is -0.318. The maximum atomic E-state index is 12.9. The Morgan fingerprint density at radius 3 is 2.48 bits per heavy atom. The summed E-state index contributed by atoms with van der Waals surface area (Å²) in [6, 6.07) is 3.47. The highest BCUT2D eigenvalue weighted by molar-refractivity contribution is 5.10. The smallest absolute Gasteiger partial charge is 0.141 e. The fourth-order valence-electron chi connectivity index (χ4n) is 2.48. The van der Waals surface area contributed by atoms with Crippen molar-refractivity contribution in [2.75, 3.05) is 13.1 Å². The fourth-order valence-corrected chi connectivity index (χ4v) is 2.48. The number of halogens is 1. The van der Waals surface area contributed by atoms with Gasteiger partial charge in [0, 0.05) is 12.6 Å². The van der Waals surface area contributed by atoms with Crippen molar-refractivity contribution in [3.8, 4) is 0 Å². The topological polar surface area (TPSA) is 42.1 Å². The monoisotopic (exact) mass is 295 g/mol. The number of aromatic nitrogens is 1. The summed E-state index contributed by atoms with van der Waals surface area (Å²) in [5, 5.41) is 0.